The number of nitrogens with two attached hydrogens (primary N) is 1. The Morgan fingerprint density at radius 3 is 2.06 bits per heavy atom. The molecule has 0 aliphatic rings. The highest BCUT2D eigenvalue weighted by Gasteiger charge is 2.14. The number of nitrogens with one attached hydrogen (secondary N) is 2. The first kappa shape index (κ1) is 25.6. The molecule has 0 fully saturated rings. The molecule has 0 aliphatic heterocycles. The average molecular weight is 465 g/mol. The maximum Gasteiger partial charge on any atom is 0.228 e. The van der Waals surface area contributed by atoms with Crippen molar-refractivity contribution in [2.45, 2.75) is 32.7 Å². The molecule has 0 unspecified atom stereocenters. The van der Waals surface area contributed by atoms with Crippen LogP contribution in [0, 0.1) is 0 Å². The van der Waals surface area contributed by atoms with Crippen molar-refractivity contribution in [1.29, 1.82) is 0 Å². The minimum absolute atomic E-state index is 0.0854. The fourth-order valence-electron chi connectivity index (χ4n) is 3.20. The number of hydrogen-bond acceptors (Lipinski definition) is 8. The predicted octanol–water partition coefficient (Wildman–Crippen LogP) is 3.85. The van der Waals surface area contributed by atoms with Crippen LogP contribution in [0.4, 0.5) is 11.9 Å². The largest absolute Gasteiger partial charge is 0.378 e. The van der Waals surface area contributed by atoms with Gasteiger partial charge in [-0.2, -0.15) is 15.0 Å². The van der Waals surface area contributed by atoms with Gasteiger partial charge in [0.2, 0.25) is 11.9 Å². The normalized spacial score (nSPS) is 11.4. The van der Waals surface area contributed by atoms with E-state index in [2.05, 4.69) is 82.8 Å². The van der Waals surface area contributed by atoms with Gasteiger partial charge in [0.05, 0.1) is 26.4 Å². The maximum absolute atomic E-state index is 5.58. The molecule has 1 aromatic heterocycles. The minimum atomic E-state index is 0.0854. The smallest absolute Gasteiger partial charge is 0.228 e. The van der Waals surface area contributed by atoms with Crippen molar-refractivity contribution in [2.75, 3.05) is 50.2 Å². The first-order valence-corrected chi connectivity index (χ1v) is 11.7. The topological polar surface area (TPSA) is 107 Å². The highest BCUT2D eigenvalue weighted by Crippen LogP contribution is 2.25. The van der Waals surface area contributed by atoms with Crippen LogP contribution in [0.5, 0.6) is 0 Å². The van der Waals surface area contributed by atoms with Crippen molar-refractivity contribution < 1.29 is 9.47 Å². The summed E-state index contributed by atoms with van der Waals surface area (Å²) in [7, 11) is 0. The molecule has 0 radical (unpaired) electrons. The molecular weight excluding hydrogens is 428 g/mol. The van der Waals surface area contributed by atoms with E-state index in [0.29, 0.717) is 63.8 Å². The van der Waals surface area contributed by atoms with Gasteiger partial charge < -0.3 is 25.8 Å². The lowest BCUT2D eigenvalue weighted by Crippen LogP contribution is -2.16. The van der Waals surface area contributed by atoms with Crippen molar-refractivity contribution in [3.8, 4) is 11.4 Å². The second-order valence-corrected chi connectivity index (χ2v) is 8.91. The summed E-state index contributed by atoms with van der Waals surface area (Å²) in [6.45, 7) is 10.4. The SMILES string of the molecule is CC(C)(C)c1ccc(-c2nc(NCCOCCOCCN)nc(NCc3ccccc3)n2)cc1. The number of hydrogen-bond donors (Lipinski definition) is 3. The highest BCUT2D eigenvalue weighted by molar-refractivity contribution is 5.59. The molecule has 0 amide bonds. The Labute approximate surface area is 202 Å². The molecular formula is C26H36N6O2. The number of ether oxygens (including phenoxy) is 2. The van der Waals surface area contributed by atoms with Crippen LogP contribution < -0.4 is 16.4 Å². The van der Waals surface area contributed by atoms with Crippen molar-refractivity contribution in [3.05, 3.63) is 65.7 Å². The Hall–Kier alpha value is -3.07. The van der Waals surface area contributed by atoms with Gasteiger partial charge in [-0.15, -0.1) is 0 Å². The second-order valence-electron chi connectivity index (χ2n) is 8.91. The van der Waals surface area contributed by atoms with E-state index in [0.717, 1.165) is 11.1 Å². The number of nitrogens with zero attached hydrogens (tertiary/aromatic N) is 3. The Bertz CT molecular complexity index is 990. The molecule has 1 heterocycles. The number of anilines is 2. The van der Waals surface area contributed by atoms with E-state index in [1.807, 2.05) is 18.2 Å². The lowest BCUT2D eigenvalue weighted by molar-refractivity contribution is 0.0547. The molecule has 0 aliphatic carbocycles. The molecule has 182 valence electrons. The van der Waals surface area contributed by atoms with Gasteiger partial charge in [-0.1, -0.05) is 75.4 Å². The van der Waals surface area contributed by atoms with E-state index in [4.69, 9.17) is 15.2 Å². The van der Waals surface area contributed by atoms with Gasteiger partial charge in [0.25, 0.3) is 0 Å². The Morgan fingerprint density at radius 2 is 1.41 bits per heavy atom. The van der Waals surface area contributed by atoms with Crippen LogP contribution >= 0.6 is 0 Å². The molecule has 3 aromatic rings. The molecule has 4 N–H and O–H groups in total. The van der Waals surface area contributed by atoms with E-state index >= 15 is 0 Å². The van der Waals surface area contributed by atoms with E-state index in [1.165, 1.54) is 5.56 Å². The van der Waals surface area contributed by atoms with Crippen molar-refractivity contribution >= 4 is 11.9 Å². The van der Waals surface area contributed by atoms with E-state index in [9.17, 15) is 0 Å². The van der Waals surface area contributed by atoms with Crippen LogP contribution in [0.2, 0.25) is 0 Å². The van der Waals surface area contributed by atoms with Crippen LogP contribution in [0.25, 0.3) is 11.4 Å². The van der Waals surface area contributed by atoms with Crippen LogP contribution in [0.1, 0.15) is 31.9 Å². The number of aromatic nitrogens is 3. The molecule has 0 bridgehead atoms. The van der Waals surface area contributed by atoms with Gasteiger partial charge in [-0.3, -0.25) is 0 Å². The average Bonchev–Trinajstić information content (AvgIpc) is 2.84. The monoisotopic (exact) mass is 464 g/mol. The zero-order valence-corrected chi connectivity index (χ0v) is 20.4. The third-order valence-corrected chi connectivity index (χ3v) is 5.10. The summed E-state index contributed by atoms with van der Waals surface area (Å²) in [5.74, 6) is 1.64. The summed E-state index contributed by atoms with van der Waals surface area (Å²) >= 11 is 0. The molecule has 0 atom stereocenters. The number of benzene rings is 2. The third kappa shape index (κ3) is 8.37. The molecule has 2 aromatic carbocycles. The zero-order valence-electron chi connectivity index (χ0n) is 20.4. The van der Waals surface area contributed by atoms with Crippen LogP contribution in [-0.4, -0.2) is 54.5 Å². The Morgan fingerprint density at radius 1 is 0.765 bits per heavy atom. The van der Waals surface area contributed by atoms with E-state index in [-0.39, 0.29) is 5.41 Å². The van der Waals surface area contributed by atoms with Gasteiger partial charge in [0.1, 0.15) is 0 Å². The molecule has 0 saturated heterocycles. The van der Waals surface area contributed by atoms with Gasteiger partial charge >= 0.3 is 0 Å². The van der Waals surface area contributed by atoms with Crippen LogP contribution in [0.3, 0.4) is 0 Å². The standard InChI is InChI=1S/C26H36N6O2/c1-26(2,3)22-11-9-21(10-12-22)23-30-24(28-14-16-34-18-17-33-15-13-27)32-25(31-23)29-19-20-7-5-4-6-8-20/h4-12H,13-19,27H2,1-3H3,(H2,28,29,30,31,32). The summed E-state index contributed by atoms with van der Waals surface area (Å²) in [6.07, 6.45) is 0. The predicted molar refractivity (Wildman–Crippen MR) is 137 cm³/mol. The van der Waals surface area contributed by atoms with Gasteiger partial charge in [0.15, 0.2) is 5.82 Å². The van der Waals surface area contributed by atoms with Crippen molar-refractivity contribution in [1.82, 2.24) is 15.0 Å². The first-order valence-electron chi connectivity index (χ1n) is 11.7. The summed E-state index contributed by atoms with van der Waals surface area (Å²) in [5, 5.41) is 6.56. The van der Waals surface area contributed by atoms with E-state index < -0.39 is 0 Å². The Kier molecular flexibility index (Phi) is 9.75. The quantitative estimate of drug-likeness (QED) is 0.328. The third-order valence-electron chi connectivity index (χ3n) is 5.10. The molecule has 8 heteroatoms. The van der Waals surface area contributed by atoms with E-state index in [1.54, 1.807) is 0 Å². The first-order chi connectivity index (χ1) is 16.5. The lowest BCUT2D eigenvalue weighted by Gasteiger charge is -2.19. The van der Waals surface area contributed by atoms with Crippen molar-refractivity contribution in [2.24, 2.45) is 5.73 Å². The van der Waals surface area contributed by atoms with Gasteiger partial charge in [0, 0.05) is 25.2 Å². The highest BCUT2D eigenvalue weighted by atomic mass is 16.5. The summed E-state index contributed by atoms with van der Waals surface area (Å²) in [6, 6.07) is 18.5. The zero-order chi connectivity index (χ0) is 24.2. The Balaban J connectivity index is 1.68. The summed E-state index contributed by atoms with van der Waals surface area (Å²) < 4.78 is 10.9. The summed E-state index contributed by atoms with van der Waals surface area (Å²) in [4.78, 5) is 13.9. The second kappa shape index (κ2) is 13.0. The molecule has 0 spiro atoms. The lowest BCUT2D eigenvalue weighted by atomic mass is 9.87. The van der Waals surface area contributed by atoms with Crippen molar-refractivity contribution in [3.63, 3.8) is 0 Å². The van der Waals surface area contributed by atoms with Gasteiger partial charge in [-0.25, -0.2) is 0 Å². The molecule has 0 saturated carbocycles. The molecule has 8 nitrogen and oxygen atoms in total. The summed E-state index contributed by atoms with van der Waals surface area (Å²) in [5.41, 5.74) is 8.84. The number of rotatable bonds is 13. The van der Waals surface area contributed by atoms with Gasteiger partial charge in [-0.05, 0) is 16.5 Å². The molecule has 3 rings (SSSR count). The molecule has 34 heavy (non-hydrogen) atoms. The fourth-order valence-corrected chi connectivity index (χ4v) is 3.20. The fraction of sp³-hybridized carbons (Fsp3) is 0.423. The minimum Gasteiger partial charge on any atom is -0.378 e. The van der Waals surface area contributed by atoms with Crippen LogP contribution in [-0.2, 0) is 21.4 Å². The maximum atomic E-state index is 5.58. The van der Waals surface area contributed by atoms with Crippen LogP contribution in [0.15, 0.2) is 54.6 Å².